The van der Waals surface area contributed by atoms with Crippen LogP contribution in [0.5, 0.6) is 0 Å². The summed E-state index contributed by atoms with van der Waals surface area (Å²) in [4.78, 5) is 26.7. The first-order chi connectivity index (χ1) is 7.89. The van der Waals surface area contributed by atoms with Crippen molar-refractivity contribution in [3.63, 3.8) is 0 Å². The predicted molar refractivity (Wildman–Crippen MR) is 64.9 cm³/mol. The SMILES string of the molecule is CCCC(C)(NC(=O)c1csc(N)n1)C(=O)O. The molecule has 1 aromatic heterocycles. The van der Waals surface area contributed by atoms with Crippen LogP contribution in [0.1, 0.15) is 37.2 Å². The number of aromatic nitrogens is 1. The van der Waals surface area contributed by atoms with Crippen molar-refractivity contribution in [1.29, 1.82) is 0 Å². The highest BCUT2D eigenvalue weighted by Gasteiger charge is 2.34. The number of amides is 1. The average Bonchev–Trinajstić information content (AvgIpc) is 2.65. The normalized spacial score (nSPS) is 14.0. The fourth-order valence-electron chi connectivity index (χ4n) is 1.43. The van der Waals surface area contributed by atoms with E-state index in [2.05, 4.69) is 10.3 Å². The van der Waals surface area contributed by atoms with Crippen LogP contribution in [0.4, 0.5) is 5.13 Å². The lowest BCUT2D eigenvalue weighted by atomic mass is 9.96. The first kappa shape index (κ1) is 13.4. The summed E-state index contributed by atoms with van der Waals surface area (Å²) in [5.74, 6) is -1.58. The molecule has 94 valence electrons. The second-order valence-electron chi connectivity index (χ2n) is 3.91. The molecule has 7 heteroatoms. The fourth-order valence-corrected chi connectivity index (χ4v) is 1.97. The maximum atomic E-state index is 11.8. The minimum Gasteiger partial charge on any atom is -0.480 e. The molecule has 1 atom stereocenters. The van der Waals surface area contributed by atoms with Gasteiger partial charge in [0.2, 0.25) is 0 Å². The molecule has 0 saturated carbocycles. The number of carbonyl (C=O) groups is 2. The Hall–Kier alpha value is -1.63. The number of carboxylic acids is 1. The molecule has 17 heavy (non-hydrogen) atoms. The number of nitrogens with zero attached hydrogens (tertiary/aromatic N) is 1. The van der Waals surface area contributed by atoms with E-state index in [0.29, 0.717) is 12.8 Å². The van der Waals surface area contributed by atoms with Crippen LogP contribution in [0.3, 0.4) is 0 Å². The van der Waals surface area contributed by atoms with E-state index in [-0.39, 0.29) is 10.8 Å². The number of anilines is 1. The second-order valence-corrected chi connectivity index (χ2v) is 4.80. The van der Waals surface area contributed by atoms with Crippen molar-refractivity contribution in [2.24, 2.45) is 0 Å². The highest BCUT2D eigenvalue weighted by Crippen LogP contribution is 2.16. The van der Waals surface area contributed by atoms with Gasteiger partial charge in [-0.2, -0.15) is 0 Å². The lowest BCUT2D eigenvalue weighted by molar-refractivity contribution is -0.144. The molecule has 0 aliphatic heterocycles. The van der Waals surface area contributed by atoms with Gasteiger partial charge in [-0.1, -0.05) is 13.3 Å². The van der Waals surface area contributed by atoms with Gasteiger partial charge in [-0.3, -0.25) is 4.79 Å². The van der Waals surface area contributed by atoms with E-state index in [9.17, 15) is 9.59 Å². The Kier molecular flexibility index (Phi) is 4.06. The molecular formula is C10H15N3O3S. The Morgan fingerprint density at radius 1 is 1.65 bits per heavy atom. The number of nitrogens with two attached hydrogens (primary N) is 1. The standard InChI is InChI=1S/C10H15N3O3S/c1-3-4-10(2,8(15)16)13-7(14)6-5-17-9(11)12-6/h5H,3-4H2,1-2H3,(H2,11,12)(H,13,14)(H,15,16). The Balaban J connectivity index is 2.81. The van der Waals surface area contributed by atoms with E-state index in [0.717, 1.165) is 11.3 Å². The number of nitrogen functional groups attached to an aromatic ring is 1. The molecule has 6 nitrogen and oxygen atoms in total. The van der Waals surface area contributed by atoms with Gasteiger partial charge in [-0.15, -0.1) is 11.3 Å². The van der Waals surface area contributed by atoms with E-state index in [1.807, 2.05) is 6.92 Å². The van der Waals surface area contributed by atoms with E-state index >= 15 is 0 Å². The van der Waals surface area contributed by atoms with E-state index in [1.54, 1.807) is 0 Å². The minimum absolute atomic E-state index is 0.149. The van der Waals surface area contributed by atoms with Crippen LogP contribution in [-0.4, -0.2) is 27.5 Å². The number of rotatable bonds is 5. The number of carbonyl (C=O) groups excluding carboxylic acids is 1. The summed E-state index contributed by atoms with van der Waals surface area (Å²) < 4.78 is 0. The summed E-state index contributed by atoms with van der Waals surface area (Å²) in [6, 6.07) is 0. The Labute approximate surface area is 103 Å². The van der Waals surface area contributed by atoms with Crippen LogP contribution < -0.4 is 11.1 Å². The van der Waals surface area contributed by atoms with Gasteiger partial charge in [0.1, 0.15) is 11.2 Å². The molecule has 1 unspecified atom stereocenters. The molecule has 0 saturated heterocycles. The van der Waals surface area contributed by atoms with Crippen molar-refractivity contribution >= 4 is 28.3 Å². The maximum absolute atomic E-state index is 11.8. The van der Waals surface area contributed by atoms with Gasteiger partial charge in [0, 0.05) is 5.38 Å². The average molecular weight is 257 g/mol. The van der Waals surface area contributed by atoms with Crippen LogP contribution in [0.15, 0.2) is 5.38 Å². The Bertz CT molecular complexity index is 432. The van der Waals surface area contributed by atoms with Crippen LogP contribution in [0.2, 0.25) is 0 Å². The summed E-state index contributed by atoms with van der Waals surface area (Å²) in [5.41, 5.74) is 4.29. The molecule has 1 rings (SSSR count). The lowest BCUT2D eigenvalue weighted by Crippen LogP contribution is -2.52. The van der Waals surface area contributed by atoms with Gasteiger partial charge >= 0.3 is 5.97 Å². The van der Waals surface area contributed by atoms with Crippen molar-refractivity contribution in [2.45, 2.75) is 32.2 Å². The van der Waals surface area contributed by atoms with Crippen molar-refractivity contribution in [2.75, 3.05) is 5.73 Å². The van der Waals surface area contributed by atoms with Crippen LogP contribution in [-0.2, 0) is 4.79 Å². The maximum Gasteiger partial charge on any atom is 0.329 e. The number of carboxylic acid groups (broad SMARTS) is 1. The zero-order valence-electron chi connectivity index (χ0n) is 9.69. The quantitative estimate of drug-likeness (QED) is 0.732. The number of nitrogens with one attached hydrogen (secondary N) is 1. The van der Waals surface area contributed by atoms with E-state index < -0.39 is 17.4 Å². The molecule has 0 spiro atoms. The molecule has 1 heterocycles. The Morgan fingerprint density at radius 3 is 2.71 bits per heavy atom. The molecule has 0 fully saturated rings. The zero-order chi connectivity index (χ0) is 13.1. The van der Waals surface area contributed by atoms with Gasteiger partial charge < -0.3 is 16.2 Å². The van der Waals surface area contributed by atoms with Crippen molar-refractivity contribution in [1.82, 2.24) is 10.3 Å². The van der Waals surface area contributed by atoms with Crippen molar-refractivity contribution < 1.29 is 14.7 Å². The number of hydrogen-bond donors (Lipinski definition) is 3. The van der Waals surface area contributed by atoms with E-state index in [1.165, 1.54) is 12.3 Å². The lowest BCUT2D eigenvalue weighted by Gasteiger charge is -2.25. The molecule has 4 N–H and O–H groups in total. The van der Waals surface area contributed by atoms with Crippen molar-refractivity contribution in [3.05, 3.63) is 11.1 Å². The number of hydrogen-bond acceptors (Lipinski definition) is 5. The summed E-state index contributed by atoms with van der Waals surface area (Å²) in [7, 11) is 0. The van der Waals surface area contributed by atoms with Crippen LogP contribution in [0, 0.1) is 0 Å². The molecule has 0 aromatic carbocycles. The van der Waals surface area contributed by atoms with Gasteiger partial charge in [0.25, 0.3) is 5.91 Å². The number of aliphatic carboxylic acids is 1. The Morgan fingerprint density at radius 2 is 2.29 bits per heavy atom. The van der Waals surface area contributed by atoms with Crippen molar-refractivity contribution in [3.8, 4) is 0 Å². The summed E-state index contributed by atoms with van der Waals surface area (Å²) in [5, 5.41) is 13.4. The molecule has 1 amide bonds. The summed E-state index contributed by atoms with van der Waals surface area (Å²) >= 11 is 1.14. The smallest absolute Gasteiger partial charge is 0.329 e. The number of thiazole rings is 1. The third-order valence-electron chi connectivity index (χ3n) is 2.37. The third kappa shape index (κ3) is 3.16. The second kappa shape index (κ2) is 5.13. The monoisotopic (exact) mass is 257 g/mol. The van der Waals surface area contributed by atoms with E-state index in [4.69, 9.17) is 10.8 Å². The molecule has 1 aromatic rings. The summed E-state index contributed by atoms with van der Waals surface area (Å²) in [6.07, 6.45) is 1.01. The molecule has 0 aliphatic carbocycles. The summed E-state index contributed by atoms with van der Waals surface area (Å²) in [6.45, 7) is 3.33. The van der Waals surface area contributed by atoms with Gasteiger partial charge in [0.05, 0.1) is 0 Å². The van der Waals surface area contributed by atoms with Crippen LogP contribution in [0.25, 0.3) is 0 Å². The molecule has 0 radical (unpaired) electrons. The highest BCUT2D eigenvalue weighted by atomic mass is 32.1. The fraction of sp³-hybridized carbons (Fsp3) is 0.500. The molecule has 0 bridgehead atoms. The minimum atomic E-state index is -1.27. The molecule has 0 aliphatic rings. The first-order valence-electron chi connectivity index (χ1n) is 5.16. The largest absolute Gasteiger partial charge is 0.480 e. The first-order valence-corrected chi connectivity index (χ1v) is 6.04. The zero-order valence-corrected chi connectivity index (χ0v) is 10.5. The van der Waals surface area contributed by atoms with Gasteiger partial charge in [0.15, 0.2) is 5.13 Å². The molecular weight excluding hydrogens is 242 g/mol. The van der Waals surface area contributed by atoms with Crippen LogP contribution >= 0.6 is 11.3 Å². The third-order valence-corrected chi connectivity index (χ3v) is 3.04. The van der Waals surface area contributed by atoms with Gasteiger partial charge in [-0.25, -0.2) is 9.78 Å². The van der Waals surface area contributed by atoms with Gasteiger partial charge in [-0.05, 0) is 13.3 Å². The predicted octanol–water partition coefficient (Wildman–Crippen LogP) is 1.10. The highest BCUT2D eigenvalue weighted by molar-refractivity contribution is 7.13. The topological polar surface area (TPSA) is 105 Å².